The van der Waals surface area contributed by atoms with Crippen molar-refractivity contribution in [3.05, 3.63) is 78.2 Å². The van der Waals surface area contributed by atoms with E-state index in [4.69, 9.17) is 9.63 Å². The molecule has 0 aliphatic rings. The Labute approximate surface area is 153 Å². The average Bonchev–Trinajstić information content (AvgIpc) is 3.28. The third-order valence-corrected chi connectivity index (χ3v) is 4.19. The topological polar surface area (TPSA) is 81.2 Å². The van der Waals surface area contributed by atoms with Crippen molar-refractivity contribution in [2.45, 2.75) is 6.92 Å². The molecule has 0 aliphatic carbocycles. The van der Waals surface area contributed by atoms with Crippen LogP contribution in [0.4, 0.5) is 4.39 Å². The average molecular weight is 363 g/mol. The van der Waals surface area contributed by atoms with Gasteiger partial charge in [-0.05, 0) is 37.3 Å². The third kappa shape index (κ3) is 3.10. The Morgan fingerprint density at radius 3 is 2.78 bits per heavy atom. The van der Waals surface area contributed by atoms with Crippen LogP contribution in [-0.4, -0.2) is 25.8 Å². The zero-order valence-corrected chi connectivity index (χ0v) is 14.3. The summed E-state index contributed by atoms with van der Waals surface area (Å²) in [5.41, 5.74) is 3.18. The Kier molecular flexibility index (Phi) is 4.04. The molecular formula is C20H14FN3O3. The second-order valence-corrected chi connectivity index (χ2v) is 5.99. The minimum atomic E-state index is -1.000. The van der Waals surface area contributed by atoms with Crippen LogP contribution in [0, 0.1) is 12.7 Å². The molecule has 2 heterocycles. The SMILES string of the molecule is Cc1onc(-c2cccc(F)c2)c1-c1cn(-c2cccc(C(=O)O)c2)cn1. The van der Waals surface area contributed by atoms with Crippen LogP contribution in [0.3, 0.4) is 0 Å². The fraction of sp³-hybridized carbons (Fsp3) is 0.0500. The van der Waals surface area contributed by atoms with Gasteiger partial charge in [0.05, 0.1) is 23.1 Å². The van der Waals surface area contributed by atoms with Gasteiger partial charge >= 0.3 is 5.97 Å². The molecule has 0 unspecified atom stereocenters. The highest BCUT2D eigenvalue weighted by atomic mass is 19.1. The Bertz CT molecular complexity index is 1150. The molecule has 4 rings (SSSR count). The van der Waals surface area contributed by atoms with Crippen LogP contribution < -0.4 is 0 Å². The van der Waals surface area contributed by atoms with Crippen LogP contribution >= 0.6 is 0 Å². The van der Waals surface area contributed by atoms with E-state index in [0.29, 0.717) is 34.0 Å². The van der Waals surface area contributed by atoms with Gasteiger partial charge in [-0.25, -0.2) is 14.2 Å². The third-order valence-electron chi connectivity index (χ3n) is 4.19. The lowest BCUT2D eigenvalue weighted by Gasteiger charge is -2.03. The Balaban J connectivity index is 1.78. The number of carbonyl (C=O) groups is 1. The molecule has 0 bridgehead atoms. The van der Waals surface area contributed by atoms with E-state index < -0.39 is 5.97 Å². The standard InChI is InChI=1S/C20H14FN3O3/c1-12-18(19(23-27-12)13-4-2-6-15(21)8-13)17-10-24(11-22-17)16-7-3-5-14(9-16)20(25)26/h2-11H,1H3,(H,25,26). The Morgan fingerprint density at radius 1 is 1.19 bits per heavy atom. The number of imidazole rings is 1. The van der Waals surface area contributed by atoms with Gasteiger partial charge in [-0.15, -0.1) is 0 Å². The largest absolute Gasteiger partial charge is 0.478 e. The number of carboxylic acids is 1. The van der Waals surface area contributed by atoms with Crippen molar-refractivity contribution in [3.8, 4) is 28.2 Å². The number of halogens is 1. The zero-order chi connectivity index (χ0) is 19.0. The van der Waals surface area contributed by atoms with Crippen molar-refractivity contribution < 1.29 is 18.8 Å². The van der Waals surface area contributed by atoms with E-state index >= 15 is 0 Å². The molecule has 0 fully saturated rings. The molecule has 134 valence electrons. The minimum Gasteiger partial charge on any atom is -0.478 e. The van der Waals surface area contributed by atoms with E-state index in [1.54, 1.807) is 54.3 Å². The van der Waals surface area contributed by atoms with Crippen molar-refractivity contribution in [2.75, 3.05) is 0 Å². The van der Waals surface area contributed by atoms with E-state index in [0.717, 1.165) is 0 Å². The Hall–Kier alpha value is -3.74. The predicted octanol–water partition coefficient (Wildman–Crippen LogP) is 4.34. The summed E-state index contributed by atoms with van der Waals surface area (Å²) in [4.78, 5) is 15.6. The molecule has 0 amide bonds. The number of carboxylic acid groups (broad SMARTS) is 1. The molecule has 0 saturated carbocycles. The van der Waals surface area contributed by atoms with Gasteiger partial charge in [0.25, 0.3) is 0 Å². The first-order valence-electron chi connectivity index (χ1n) is 8.13. The van der Waals surface area contributed by atoms with Gasteiger partial charge in [-0.3, -0.25) is 0 Å². The molecule has 0 aliphatic heterocycles. The van der Waals surface area contributed by atoms with Gasteiger partial charge in [0.2, 0.25) is 0 Å². The van der Waals surface area contributed by atoms with Crippen molar-refractivity contribution in [2.24, 2.45) is 0 Å². The van der Waals surface area contributed by atoms with E-state index in [-0.39, 0.29) is 11.4 Å². The van der Waals surface area contributed by atoms with E-state index in [1.165, 1.54) is 18.2 Å². The lowest BCUT2D eigenvalue weighted by molar-refractivity contribution is 0.0697. The molecule has 0 atom stereocenters. The first kappa shape index (κ1) is 16.7. The Morgan fingerprint density at radius 2 is 2.00 bits per heavy atom. The minimum absolute atomic E-state index is 0.185. The maximum atomic E-state index is 13.6. The summed E-state index contributed by atoms with van der Waals surface area (Å²) in [7, 11) is 0. The highest BCUT2D eigenvalue weighted by Crippen LogP contribution is 2.33. The fourth-order valence-electron chi connectivity index (χ4n) is 2.90. The van der Waals surface area contributed by atoms with Crippen LogP contribution in [0.5, 0.6) is 0 Å². The molecule has 27 heavy (non-hydrogen) atoms. The van der Waals surface area contributed by atoms with Gasteiger partial charge in [0, 0.05) is 17.4 Å². The van der Waals surface area contributed by atoms with Gasteiger partial charge < -0.3 is 14.2 Å². The van der Waals surface area contributed by atoms with Crippen molar-refractivity contribution in [1.29, 1.82) is 0 Å². The summed E-state index contributed by atoms with van der Waals surface area (Å²) in [6, 6.07) is 12.6. The monoisotopic (exact) mass is 363 g/mol. The van der Waals surface area contributed by atoms with Gasteiger partial charge in [0.15, 0.2) is 0 Å². The van der Waals surface area contributed by atoms with E-state index in [2.05, 4.69) is 10.1 Å². The molecule has 7 heteroatoms. The molecule has 1 N–H and O–H groups in total. The van der Waals surface area contributed by atoms with Crippen molar-refractivity contribution >= 4 is 5.97 Å². The molecule has 2 aromatic heterocycles. The van der Waals surface area contributed by atoms with E-state index in [1.807, 2.05) is 0 Å². The number of aromatic carboxylic acids is 1. The van der Waals surface area contributed by atoms with Gasteiger partial charge in [-0.2, -0.15) is 0 Å². The van der Waals surface area contributed by atoms with Crippen LogP contribution in [0.2, 0.25) is 0 Å². The number of hydrogen-bond acceptors (Lipinski definition) is 4. The summed E-state index contributed by atoms with van der Waals surface area (Å²) < 4.78 is 20.6. The molecule has 0 radical (unpaired) electrons. The lowest BCUT2D eigenvalue weighted by Crippen LogP contribution is -1.98. The number of hydrogen-bond donors (Lipinski definition) is 1. The van der Waals surface area contributed by atoms with Gasteiger partial charge in [0.1, 0.15) is 17.3 Å². The number of benzene rings is 2. The summed E-state index contributed by atoms with van der Waals surface area (Å²) >= 11 is 0. The molecule has 6 nitrogen and oxygen atoms in total. The summed E-state index contributed by atoms with van der Waals surface area (Å²) in [5.74, 6) is -0.811. The van der Waals surface area contributed by atoms with Gasteiger partial charge in [-0.1, -0.05) is 23.4 Å². The molecule has 2 aromatic carbocycles. The number of nitrogens with zero attached hydrogens (tertiary/aromatic N) is 3. The smallest absolute Gasteiger partial charge is 0.335 e. The highest BCUT2D eigenvalue weighted by molar-refractivity contribution is 5.88. The first-order chi connectivity index (χ1) is 13.0. The van der Waals surface area contributed by atoms with E-state index in [9.17, 15) is 9.18 Å². The maximum absolute atomic E-state index is 13.6. The quantitative estimate of drug-likeness (QED) is 0.583. The second-order valence-electron chi connectivity index (χ2n) is 5.99. The van der Waals surface area contributed by atoms with Crippen molar-refractivity contribution in [1.82, 2.24) is 14.7 Å². The molecular weight excluding hydrogens is 349 g/mol. The predicted molar refractivity (Wildman–Crippen MR) is 96.2 cm³/mol. The number of aromatic nitrogens is 3. The molecule has 0 spiro atoms. The first-order valence-corrected chi connectivity index (χ1v) is 8.13. The highest BCUT2D eigenvalue weighted by Gasteiger charge is 2.19. The summed E-state index contributed by atoms with van der Waals surface area (Å²) in [5, 5.41) is 13.2. The summed E-state index contributed by atoms with van der Waals surface area (Å²) in [6.45, 7) is 1.76. The van der Waals surface area contributed by atoms with Crippen LogP contribution in [-0.2, 0) is 0 Å². The molecule has 0 saturated heterocycles. The van der Waals surface area contributed by atoms with Crippen molar-refractivity contribution in [3.63, 3.8) is 0 Å². The number of rotatable bonds is 4. The normalized spacial score (nSPS) is 10.9. The molecule has 4 aromatic rings. The number of aryl methyl sites for hydroxylation is 1. The zero-order valence-electron chi connectivity index (χ0n) is 14.3. The van der Waals surface area contributed by atoms with Crippen LogP contribution in [0.15, 0.2) is 65.6 Å². The second kappa shape index (κ2) is 6.53. The van der Waals surface area contributed by atoms with Crippen LogP contribution in [0.25, 0.3) is 28.2 Å². The fourth-order valence-corrected chi connectivity index (χ4v) is 2.90. The maximum Gasteiger partial charge on any atom is 0.335 e. The van der Waals surface area contributed by atoms with Crippen LogP contribution in [0.1, 0.15) is 16.1 Å². The lowest BCUT2D eigenvalue weighted by atomic mass is 10.0. The summed E-state index contributed by atoms with van der Waals surface area (Å²) in [6.07, 6.45) is 3.33.